The van der Waals surface area contributed by atoms with Gasteiger partial charge in [-0.25, -0.2) is 4.98 Å². The molecular formula is C16H19N3O2. The lowest BCUT2D eigenvalue weighted by Gasteiger charge is -2.13. The molecule has 1 aliphatic carbocycles. The molecular weight excluding hydrogens is 266 g/mol. The van der Waals surface area contributed by atoms with Crippen LogP contribution in [0.5, 0.6) is 0 Å². The molecule has 2 aliphatic rings. The number of fused-ring (bicyclic) bond motifs is 1. The Bertz CT molecular complexity index is 669. The van der Waals surface area contributed by atoms with Crippen molar-refractivity contribution >= 4 is 16.9 Å². The van der Waals surface area contributed by atoms with Gasteiger partial charge in [-0.05, 0) is 37.8 Å². The van der Waals surface area contributed by atoms with E-state index < -0.39 is 0 Å². The molecule has 4 rings (SSSR count). The maximum atomic E-state index is 12.2. The van der Waals surface area contributed by atoms with E-state index in [-0.39, 0.29) is 12.0 Å². The highest BCUT2D eigenvalue weighted by atomic mass is 16.5. The van der Waals surface area contributed by atoms with Crippen molar-refractivity contribution in [1.29, 1.82) is 0 Å². The Labute approximate surface area is 123 Å². The van der Waals surface area contributed by atoms with Crippen molar-refractivity contribution in [3.8, 4) is 0 Å². The van der Waals surface area contributed by atoms with Crippen LogP contribution in [0.3, 0.4) is 0 Å². The van der Waals surface area contributed by atoms with E-state index in [1.54, 1.807) is 0 Å². The average molecular weight is 285 g/mol. The number of hydrogen-bond donors (Lipinski definition) is 1. The minimum atomic E-state index is 0.0196. The van der Waals surface area contributed by atoms with Crippen LogP contribution in [0.15, 0.2) is 24.3 Å². The molecule has 5 heteroatoms. The highest BCUT2D eigenvalue weighted by molar-refractivity contribution is 5.81. The first kappa shape index (κ1) is 12.8. The van der Waals surface area contributed by atoms with E-state index in [0.29, 0.717) is 12.6 Å². The number of ether oxygens (including phenoxy) is 1. The van der Waals surface area contributed by atoms with Crippen molar-refractivity contribution in [2.75, 3.05) is 6.61 Å². The lowest BCUT2D eigenvalue weighted by atomic mass is 10.2. The van der Waals surface area contributed by atoms with Crippen LogP contribution in [0.4, 0.5) is 0 Å². The Kier molecular flexibility index (Phi) is 3.15. The number of carbonyl (C=O) groups excluding carboxylic acids is 1. The Morgan fingerprint density at radius 1 is 1.33 bits per heavy atom. The van der Waals surface area contributed by atoms with Crippen LogP contribution in [0.25, 0.3) is 11.0 Å². The zero-order valence-electron chi connectivity index (χ0n) is 11.9. The van der Waals surface area contributed by atoms with Crippen molar-refractivity contribution in [3.63, 3.8) is 0 Å². The summed E-state index contributed by atoms with van der Waals surface area (Å²) in [4.78, 5) is 16.9. The normalized spacial score (nSPS) is 21.8. The first-order valence-corrected chi connectivity index (χ1v) is 7.67. The van der Waals surface area contributed by atoms with Crippen LogP contribution < -0.4 is 5.32 Å². The standard InChI is InChI=1S/C16H19N3O2/c20-15(17-11-7-8-11)10-19-13-5-2-1-4-12(13)18-16(19)14-6-3-9-21-14/h1-2,4-5,11,14H,3,6-10H2,(H,17,20). The van der Waals surface area contributed by atoms with E-state index in [4.69, 9.17) is 9.72 Å². The van der Waals surface area contributed by atoms with Crippen LogP contribution in [0.1, 0.15) is 37.6 Å². The zero-order valence-corrected chi connectivity index (χ0v) is 11.9. The summed E-state index contributed by atoms with van der Waals surface area (Å²) in [6, 6.07) is 8.36. The van der Waals surface area contributed by atoms with Gasteiger partial charge in [0, 0.05) is 12.6 Å². The van der Waals surface area contributed by atoms with Crippen molar-refractivity contribution in [3.05, 3.63) is 30.1 Å². The van der Waals surface area contributed by atoms with Gasteiger partial charge in [0.15, 0.2) is 0 Å². The fraction of sp³-hybridized carbons (Fsp3) is 0.500. The van der Waals surface area contributed by atoms with Crippen molar-refractivity contribution in [2.24, 2.45) is 0 Å². The fourth-order valence-electron chi connectivity index (χ4n) is 2.93. The number of imidazole rings is 1. The van der Waals surface area contributed by atoms with Crippen LogP contribution in [0, 0.1) is 0 Å². The topological polar surface area (TPSA) is 56.2 Å². The number of rotatable bonds is 4. The number of amides is 1. The predicted octanol–water partition coefficient (Wildman–Crippen LogP) is 2.17. The number of nitrogens with zero attached hydrogens (tertiary/aromatic N) is 2. The quantitative estimate of drug-likeness (QED) is 0.936. The van der Waals surface area contributed by atoms with E-state index in [0.717, 1.165) is 49.1 Å². The summed E-state index contributed by atoms with van der Waals surface area (Å²) in [6.45, 7) is 1.11. The van der Waals surface area contributed by atoms with Gasteiger partial charge in [0.25, 0.3) is 0 Å². The summed E-state index contributed by atoms with van der Waals surface area (Å²) >= 11 is 0. The van der Waals surface area contributed by atoms with Gasteiger partial charge < -0.3 is 14.6 Å². The van der Waals surface area contributed by atoms with Gasteiger partial charge in [0.05, 0.1) is 11.0 Å². The van der Waals surface area contributed by atoms with E-state index >= 15 is 0 Å². The van der Waals surface area contributed by atoms with Crippen molar-refractivity contribution in [2.45, 2.75) is 44.4 Å². The van der Waals surface area contributed by atoms with Crippen molar-refractivity contribution in [1.82, 2.24) is 14.9 Å². The second-order valence-corrected chi connectivity index (χ2v) is 5.89. The maximum absolute atomic E-state index is 12.2. The molecule has 1 saturated carbocycles. The molecule has 110 valence electrons. The number of benzene rings is 1. The van der Waals surface area contributed by atoms with Gasteiger partial charge in [0.2, 0.25) is 5.91 Å². The molecule has 0 spiro atoms. The molecule has 2 heterocycles. The first-order valence-electron chi connectivity index (χ1n) is 7.67. The molecule has 5 nitrogen and oxygen atoms in total. The zero-order chi connectivity index (χ0) is 14.2. The Morgan fingerprint density at radius 3 is 2.95 bits per heavy atom. The van der Waals surface area contributed by atoms with E-state index in [2.05, 4.69) is 5.32 Å². The molecule has 1 aliphatic heterocycles. The summed E-state index contributed by atoms with van der Waals surface area (Å²) < 4.78 is 7.79. The molecule has 1 aromatic heterocycles. The maximum Gasteiger partial charge on any atom is 0.240 e. The van der Waals surface area contributed by atoms with Gasteiger partial charge in [-0.3, -0.25) is 4.79 Å². The second kappa shape index (κ2) is 5.15. The Balaban J connectivity index is 1.68. The number of carbonyl (C=O) groups is 1. The minimum Gasteiger partial charge on any atom is -0.370 e. The van der Waals surface area contributed by atoms with Gasteiger partial charge in [-0.15, -0.1) is 0 Å². The summed E-state index contributed by atoms with van der Waals surface area (Å²) in [5.74, 6) is 0.958. The largest absolute Gasteiger partial charge is 0.370 e. The average Bonchev–Trinajstić information content (AvgIpc) is 3.02. The molecule has 1 unspecified atom stereocenters. The number of para-hydroxylation sites is 2. The van der Waals surface area contributed by atoms with Gasteiger partial charge in [0.1, 0.15) is 18.5 Å². The lowest BCUT2D eigenvalue weighted by Crippen LogP contribution is -2.30. The van der Waals surface area contributed by atoms with Crippen LogP contribution >= 0.6 is 0 Å². The fourth-order valence-corrected chi connectivity index (χ4v) is 2.93. The minimum absolute atomic E-state index is 0.0196. The molecule has 21 heavy (non-hydrogen) atoms. The molecule has 2 fully saturated rings. The SMILES string of the molecule is O=C(Cn1c(C2CCCO2)nc2ccccc21)NC1CC1. The van der Waals surface area contributed by atoms with E-state index in [1.807, 2.05) is 28.8 Å². The molecule has 2 aromatic rings. The molecule has 0 radical (unpaired) electrons. The molecule has 1 aromatic carbocycles. The van der Waals surface area contributed by atoms with Crippen LogP contribution in [0.2, 0.25) is 0 Å². The third-order valence-electron chi connectivity index (χ3n) is 4.15. The monoisotopic (exact) mass is 285 g/mol. The van der Waals surface area contributed by atoms with Gasteiger partial charge >= 0.3 is 0 Å². The summed E-state index contributed by atoms with van der Waals surface area (Å²) in [7, 11) is 0. The van der Waals surface area contributed by atoms with Crippen molar-refractivity contribution < 1.29 is 9.53 Å². The van der Waals surface area contributed by atoms with Gasteiger partial charge in [-0.1, -0.05) is 12.1 Å². The highest BCUT2D eigenvalue weighted by Crippen LogP contribution is 2.30. The van der Waals surface area contributed by atoms with Gasteiger partial charge in [-0.2, -0.15) is 0 Å². The molecule has 1 atom stereocenters. The van der Waals surface area contributed by atoms with Crippen LogP contribution in [-0.2, 0) is 16.1 Å². The predicted molar refractivity (Wildman–Crippen MR) is 78.8 cm³/mol. The third kappa shape index (κ3) is 2.53. The number of hydrogen-bond acceptors (Lipinski definition) is 3. The smallest absolute Gasteiger partial charge is 0.240 e. The summed E-state index contributed by atoms with van der Waals surface area (Å²) in [5, 5.41) is 3.05. The first-order chi connectivity index (χ1) is 10.3. The molecule has 1 amide bonds. The number of aromatic nitrogens is 2. The highest BCUT2D eigenvalue weighted by Gasteiger charge is 2.27. The Hall–Kier alpha value is -1.88. The van der Waals surface area contributed by atoms with E-state index in [9.17, 15) is 4.79 Å². The van der Waals surface area contributed by atoms with Crippen LogP contribution in [-0.4, -0.2) is 28.1 Å². The molecule has 1 saturated heterocycles. The number of nitrogens with one attached hydrogen (secondary N) is 1. The molecule has 1 N–H and O–H groups in total. The summed E-state index contributed by atoms with van der Waals surface area (Å²) in [6.07, 6.45) is 4.27. The second-order valence-electron chi connectivity index (χ2n) is 5.89. The van der Waals surface area contributed by atoms with E-state index in [1.165, 1.54) is 0 Å². The third-order valence-corrected chi connectivity index (χ3v) is 4.15. The molecule has 0 bridgehead atoms. The Morgan fingerprint density at radius 2 is 2.19 bits per heavy atom. The summed E-state index contributed by atoms with van der Waals surface area (Å²) in [5.41, 5.74) is 1.94. The lowest BCUT2D eigenvalue weighted by molar-refractivity contribution is -0.121.